The van der Waals surface area contributed by atoms with Gasteiger partial charge >= 0.3 is 5.97 Å². The summed E-state index contributed by atoms with van der Waals surface area (Å²) >= 11 is 0. The molecule has 7 heteroatoms. The highest BCUT2D eigenvalue weighted by Crippen LogP contribution is 2.31. The molecule has 0 radical (unpaired) electrons. The van der Waals surface area contributed by atoms with E-state index in [0.29, 0.717) is 25.5 Å². The van der Waals surface area contributed by atoms with Crippen LogP contribution in [0.3, 0.4) is 0 Å². The monoisotopic (exact) mass is 277 g/mol. The van der Waals surface area contributed by atoms with Gasteiger partial charge in [0.1, 0.15) is 23.6 Å². The van der Waals surface area contributed by atoms with E-state index in [1.54, 1.807) is 18.3 Å². The van der Waals surface area contributed by atoms with Gasteiger partial charge in [-0.15, -0.1) is 0 Å². The zero-order chi connectivity index (χ0) is 14.2. The number of carboxylic acid groups (broad SMARTS) is 1. The molecule has 0 aromatic carbocycles. The normalized spacial score (nSPS) is 25.8. The van der Waals surface area contributed by atoms with Gasteiger partial charge in [-0.25, -0.2) is 9.78 Å². The average molecular weight is 277 g/mol. The van der Waals surface area contributed by atoms with E-state index in [9.17, 15) is 14.7 Å². The number of rotatable bonds is 2. The number of nitrogens with one attached hydrogen (secondary N) is 1. The Hall–Kier alpha value is -2.15. The first-order chi connectivity index (χ1) is 9.60. The quantitative estimate of drug-likeness (QED) is 0.782. The van der Waals surface area contributed by atoms with E-state index < -0.39 is 11.6 Å². The smallest absolute Gasteiger partial charge is 0.339 e. The fraction of sp³-hybridized carbons (Fsp3) is 0.462. The molecule has 1 unspecified atom stereocenters. The Labute approximate surface area is 115 Å². The molecule has 0 saturated carbocycles. The first-order valence-electron chi connectivity index (χ1n) is 6.44. The maximum absolute atomic E-state index is 11.2. The highest BCUT2D eigenvalue weighted by molar-refractivity contribution is 5.93. The Kier molecular flexibility index (Phi) is 3.06. The van der Waals surface area contributed by atoms with Crippen LogP contribution >= 0.6 is 0 Å². The number of aromatic nitrogens is 1. The summed E-state index contributed by atoms with van der Waals surface area (Å²) in [4.78, 5) is 28.5. The summed E-state index contributed by atoms with van der Waals surface area (Å²) in [6.07, 6.45) is 2.32. The lowest BCUT2D eigenvalue weighted by molar-refractivity contribution is -0.141. The number of carbonyl (C=O) groups excluding carboxylic acids is 1. The summed E-state index contributed by atoms with van der Waals surface area (Å²) in [7, 11) is 0. The molecular weight excluding hydrogens is 262 g/mol. The molecule has 1 aromatic heterocycles. The fourth-order valence-electron chi connectivity index (χ4n) is 2.68. The molecule has 2 aliphatic rings. The minimum atomic E-state index is -0.994. The Morgan fingerprint density at radius 2 is 2.40 bits per heavy atom. The maximum atomic E-state index is 11.2. The van der Waals surface area contributed by atoms with Gasteiger partial charge in [-0.05, 0) is 18.6 Å². The number of hydrogen-bond donors (Lipinski definition) is 2. The SMILES string of the molecule is O=C1COC2(CCN(c3ncccc3C(=O)O)C2)CN1. The number of anilines is 1. The molecule has 2 fully saturated rings. The topological polar surface area (TPSA) is 91.8 Å². The zero-order valence-electron chi connectivity index (χ0n) is 10.8. The second-order valence-electron chi connectivity index (χ2n) is 5.10. The van der Waals surface area contributed by atoms with E-state index in [1.807, 2.05) is 4.90 Å². The molecule has 2 aliphatic heterocycles. The number of carboxylic acids is 1. The van der Waals surface area contributed by atoms with Gasteiger partial charge in [-0.3, -0.25) is 4.79 Å². The number of nitrogens with zero attached hydrogens (tertiary/aromatic N) is 2. The van der Waals surface area contributed by atoms with Gasteiger partial charge in [-0.2, -0.15) is 0 Å². The molecule has 1 atom stereocenters. The largest absolute Gasteiger partial charge is 0.478 e. The van der Waals surface area contributed by atoms with Gasteiger partial charge in [0.15, 0.2) is 0 Å². The summed E-state index contributed by atoms with van der Waals surface area (Å²) in [5, 5.41) is 12.0. The van der Waals surface area contributed by atoms with Crippen molar-refractivity contribution in [1.29, 1.82) is 0 Å². The molecule has 0 bridgehead atoms. The molecule has 3 rings (SSSR count). The van der Waals surface area contributed by atoms with Crippen LogP contribution in [0.25, 0.3) is 0 Å². The lowest BCUT2D eigenvalue weighted by atomic mass is 10.0. The molecule has 106 valence electrons. The Morgan fingerprint density at radius 3 is 3.10 bits per heavy atom. The minimum absolute atomic E-state index is 0.0574. The average Bonchev–Trinajstić information content (AvgIpc) is 2.87. The first kappa shape index (κ1) is 12.9. The summed E-state index contributed by atoms with van der Waals surface area (Å²) in [6, 6.07) is 3.15. The van der Waals surface area contributed by atoms with E-state index in [1.165, 1.54) is 0 Å². The third-order valence-corrected chi connectivity index (χ3v) is 3.75. The van der Waals surface area contributed by atoms with Crippen molar-refractivity contribution in [1.82, 2.24) is 10.3 Å². The number of ether oxygens (including phenoxy) is 1. The molecule has 1 aromatic rings. The van der Waals surface area contributed by atoms with Crippen LogP contribution < -0.4 is 10.2 Å². The van der Waals surface area contributed by atoms with Gasteiger partial charge in [0, 0.05) is 19.3 Å². The van der Waals surface area contributed by atoms with Crippen LogP contribution in [-0.2, 0) is 9.53 Å². The Morgan fingerprint density at radius 1 is 1.55 bits per heavy atom. The predicted octanol–water partition coefficient (Wildman–Crippen LogP) is -0.125. The van der Waals surface area contributed by atoms with Gasteiger partial charge in [0.2, 0.25) is 5.91 Å². The third kappa shape index (κ3) is 2.20. The lowest BCUT2D eigenvalue weighted by Crippen LogP contribution is -2.54. The van der Waals surface area contributed by atoms with Crippen molar-refractivity contribution >= 4 is 17.7 Å². The molecule has 1 spiro atoms. The second kappa shape index (κ2) is 4.75. The van der Waals surface area contributed by atoms with Crippen LogP contribution in [0, 0.1) is 0 Å². The second-order valence-corrected chi connectivity index (χ2v) is 5.10. The minimum Gasteiger partial charge on any atom is -0.478 e. The fourth-order valence-corrected chi connectivity index (χ4v) is 2.68. The molecule has 3 heterocycles. The van der Waals surface area contributed by atoms with Crippen LogP contribution in [0.1, 0.15) is 16.8 Å². The number of aromatic carboxylic acids is 1. The van der Waals surface area contributed by atoms with E-state index >= 15 is 0 Å². The van der Waals surface area contributed by atoms with Crippen LogP contribution in [0.15, 0.2) is 18.3 Å². The molecule has 20 heavy (non-hydrogen) atoms. The summed E-state index contributed by atoms with van der Waals surface area (Å²) in [6.45, 7) is 1.71. The third-order valence-electron chi connectivity index (χ3n) is 3.75. The highest BCUT2D eigenvalue weighted by Gasteiger charge is 2.43. The number of carbonyl (C=O) groups is 2. The number of amides is 1. The van der Waals surface area contributed by atoms with Gasteiger partial charge < -0.3 is 20.1 Å². The standard InChI is InChI=1S/C13H15N3O4/c17-10-6-20-13(7-15-10)3-5-16(8-13)11-9(12(18)19)2-1-4-14-11/h1-2,4H,3,5-8H2,(H,15,17)(H,18,19). The van der Waals surface area contributed by atoms with Crippen molar-refractivity contribution in [3.8, 4) is 0 Å². The first-order valence-corrected chi connectivity index (χ1v) is 6.44. The Bertz CT molecular complexity index is 550. The van der Waals surface area contributed by atoms with Gasteiger partial charge in [0.05, 0.1) is 6.54 Å². The lowest BCUT2D eigenvalue weighted by Gasteiger charge is -2.33. The van der Waals surface area contributed by atoms with Gasteiger partial charge in [0.25, 0.3) is 0 Å². The van der Waals surface area contributed by atoms with Crippen molar-refractivity contribution in [2.45, 2.75) is 12.0 Å². The summed E-state index contributed by atoms with van der Waals surface area (Å²) < 4.78 is 5.66. The van der Waals surface area contributed by atoms with Crippen molar-refractivity contribution in [3.05, 3.63) is 23.9 Å². The molecule has 7 nitrogen and oxygen atoms in total. The van der Waals surface area contributed by atoms with Crippen LogP contribution in [0.5, 0.6) is 0 Å². The zero-order valence-corrected chi connectivity index (χ0v) is 10.8. The highest BCUT2D eigenvalue weighted by atomic mass is 16.5. The van der Waals surface area contributed by atoms with Crippen molar-refractivity contribution in [2.75, 3.05) is 31.1 Å². The van der Waals surface area contributed by atoms with Crippen LogP contribution in [0.2, 0.25) is 0 Å². The molecule has 2 saturated heterocycles. The predicted molar refractivity (Wildman–Crippen MR) is 69.7 cm³/mol. The van der Waals surface area contributed by atoms with E-state index in [0.717, 1.165) is 6.42 Å². The molecular formula is C13H15N3O4. The van der Waals surface area contributed by atoms with Crippen molar-refractivity contribution < 1.29 is 19.4 Å². The van der Waals surface area contributed by atoms with Crippen molar-refractivity contribution in [3.63, 3.8) is 0 Å². The maximum Gasteiger partial charge on any atom is 0.339 e. The molecule has 0 aliphatic carbocycles. The number of pyridine rings is 1. The number of hydrogen-bond acceptors (Lipinski definition) is 5. The van der Waals surface area contributed by atoms with Crippen LogP contribution in [0.4, 0.5) is 5.82 Å². The summed E-state index contributed by atoms with van der Waals surface area (Å²) in [5.74, 6) is -0.651. The number of morpholine rings is 1. The van der Waals surface area contributed by atoms with Crippen molar-refractivity contribution in [2.24, 2.45) is 0 Å². The summed E-state index contributed by atoms with van der Waals surface area (Å²) in [5.41, 5.74) is -0.245. The van der Waals surface area contributed by atoms with Crippen LogP contribution in [-0.4, -0.2) is 53.8 Å². The van der Waals surface area contributed by atoms with E-state index in [2.05, 4.69) is 10.3 Å². The molecule has 1 amide bonds. The van der Waals surface area contributed by atoms with Gasteiger partial charge in [-0.1, -0.05) is 0 Å². The van der Waals surface area contributed by atoms with E-state index in [4.69, 9.17) is 4.74 Å². The Balaban J connectivity index is 1.81. The molecule has 2 N–H and O–H groups in total. The van der Waals surface area contributed by atoms with E-state index in [-0.39, 0.29) is 18.1 Å².